The summed E-state index contributed by atoms with van der Waals surface area (Å²) in [6.45, 7) is 6.51. The molecule has 1 aliphatic carbocycles. The zero-order valence-corrected chi connectivity index (χ0v) is 19.6. The highest BCUT2D eigenvalue weighted by molar-refractivity contribution is 9.10. The number of rotatable bonds is 6. The first kappa shape index (κ1) is 20.7. The van der Waals surface area contributed by atoms with Crippen LogP contribution in [-0.4, -0.2) is 26.3 Å². The minimum atomic E-state index is -0.236. The first-order valence-electron chi connectivity index (χ1n) is 10.3. The molecule has 2 aromatic rings. The van der Waals surface area contributed by atoms with Crippen LogP contribution in [0.5, 0.6) is 0 Å². The van der Waals surface area contributed by atoms with Gasteiger partial charge in [-0.3, -0.25) is 4.79 Å². The lowest BCUT2D eigenvalue weighted by atomic mass is 9.73. The summed E-state index contributed by atoms with van der Waals surface area (Å²) in [6.07, 6.45) is 4.98. The number of hydrogen-bond donors (Lipinski definition) is 1. The molecule has 154 valence electrons. The molecule has 0 saturated carbocycles. The predicted octanol–water partition coefficient (Wildman–Crippen LogP) is 5.98. The van der Waals surface area contributed by atoms with Crippen molar-refractivity contribution in [3.8, 4) is 0 Å². The molecule has 29 heavy (non-hydrogen) atoms. The van der Waals surface area contributed by atoms with Crippen molar-refractivity contribution in [2.24, 2.45) is 5.41 Å². The highest BCUT2D eigenvalue weighted by Crippen LogP contribution is 2.45. The van der Waals surface area contributed by atoms with Crippen LogP contribution < -0.4 is 5.32 Å². The lowest BCUT2D eigenvalue weighted by Crippen LogP contribution is -2.36. The fourth-order valence-corrected chi connectivity index (χ4v) is 5.40. The Kier molecular flexibility index (Phi) is 5.89. The van der Waals surface area contributed by atoms with Gasteiger partial charge in [0.15, 0.2) is 5.78 Å². The average Bonchev–Trinajstić information content (AvgIpc) is 3.05. The van der Waals surface area contributed by atoms with Crippen molar-refractivity contribution >= 4 is 39.4 Å². The van der Waals surface area contributed by atoms with E-state index < -0.39 is 0 Å². The van der Waals surface area contributed by atoms with Crippen molar-refractivity contribution in [1.82, 2.24) is 14.8 Å². The number of unbranched alkanes of at least 4 members (excludes halogenated alkanes) is 2. The van der Waals surface area contributed by atoms with Gasteiger partial charge in [-0.25, -0.2) is 4.68 Å². The molecular weight excluding hydrogens is 448 g/mol. The summed E-state index contributed by atoms with van der Waals surface area (Å²) < 4.78 is 2.90. The molecule has 0 saturated heterocycles. The van der Waals surface area contributed by atoms with Gasteiger partial charge in [-0.2, -0.15) is 4.98 Å². The minimum Gasteiger partial charge on any atom is -0.328 e. The van der Waals surface area contributed by atoms with Gasteiger partial charge in [-0.05, 0) is 36.0 Å². The van der Waals surface area contributed by atoms with Crippen molar-refractivity contribution < 1.29 is 4.79 Å². The fraction of sp³-hybridized carbons (Fsp3) is 0.500. The maximum atomic E-state index is 13.2. The number of benzene rings is 1. The van der Waals surface area contributed by atoms with Gasteiger partial charge in [0.25, 0.3) is 0 Å². The van der Waals surface area contributed by atoms with E-state index in [-0.39, 0.29) is 17.2 Å². The molecule has 2 heterocycles. The summed E-state index contributed by atoms with van der Waals surface area (Å²) in [5, 5.41) is 9.02. The van der Waals surface area contributed by atoms with Gasteiger partial charge in [-0.15, -0.1) is 5.10 Å². The van der Waals surface area contributed by atoms with E-state index >= 15 is 0 Å². The van der Waals surface area contributed by atoms with Gasteiger partial charge in [-0.1, -0.05) is 73.4 Å². The summed E-state index contributed by atoms with van der Waals surface area (Å²) in [6, 6.07) is 7.92. The van der Waals surface area contributed by atoms with Crippen molar-refractivity contribution in [1.29, 1.82) is 0 Å². The maximum absolute atomic E-state index is 13.2. The molecule has 1 atom stereocenters. The van der Waals surface area contributed by atoms with Crippen LogP contribution in [0.3, 0.4) is 0 Å². The third-order valence-electron chi connectivity index (χ3n) is 5.46. The Hall–Kier alpha value is -1.60. The van der Waals surface area contributed by atoms with Gasteiger partial charge >= 0.3 is 0 Å². The number of allylic oxidation sites excluding steroid dienone is 2. The van der Waals surface area contributed by atoms with Crippen LogP contribution in [-0.2, 0) is 4.79 Å². The molecule has 5 nitrogen and oxygen atoms in total. The van der Waals surface area contributed by atoms with E-state index in [1.165, 1.54) is 12.8 Å². The Morgan fingerprint density at radius 2 is 2.14 bits per heavy atom. The minimum absolute atomic E-state index is 0.0509. The average molecular weight is 475 g/mol. The molecule has 0 radical (unpaired) electrons. The van der Waals surface area contributed by atoms with Gasteiger partial charge in [0.1, 0.15) is 6.04 Å². The fourth-order valence-electron chi connectivity index (χ4n) is 4.15. The Morgan fingerprint density at radius 1 is 1.31 bits per heavy atom. The summed E-state index contributed by atoms with van der Waals surface area (Å²) in [5.74, 6) is 1.95. The van der Waals surface area contributed by atoms with E-state index in [1.54, 1.807) is 11.8 Å². The van der Waals surface area contributed by atoms with E-state index in [4.69, 9.17) is 10.1 Å². The molecule has 0 unspecified atom stereocenters. The Balaban J connectivity index is 1.74. The summed E-state index contributed by atoms with van der Waals surface area (Å²) in [4.78, 5) is 18.0. The normalized spacial score (nSPS) is 20.3. The van der Waals surface area contributed by atoms with Crippen LogP contribution in [0.1, 0.15) is 64.5 Å². The van der Waals surface area contributed by atoms with Crippen LogP contribution in [0.15, 0.2) is 45.2 Å². The summed E-state index contributed by atoms with van der Waals surface area (Å²) in [7, 11) is 0. The van der Waals surface area contributed by atoms with Crippen molar-refractivity contribution in [2.75, 3.05) is 11.1 Å². The van der Waals surface area contributed by atoms with Gasteiger partial charge in [0.2, 0.25) is 11.1 Å². The number of anilines is 1. The van der Waals surface area contributed by atoms with Crippen LogP contribution in [0, 0.1) is 5.41 Å². The second-order valence-electron chi connectivity index (χ2n) is 8.63. The zero-order valence-electron chi connectivity index (χ0n) is 17.2. The molecule has 1 N–H and O–H groups in total. The first-order valence-corrected chi connectivity index (χ1v) is 12.0. The molecule has 1 aliphatic heterocycles. The molecule has 2 aliphatic rings. The number of carbonyl (C=O) groups is 1. The van der Waals surface area contributed by atoms with E-state index in [0.717, 1.165) is 51.0 Å². The monoisotopic (exact) mass is 474 g/mol. The number of thioether (sulfide) groups is 1. The van der Waals surface area contributed by atoms with Crippen molar-refractivity contribution in [3.05, 3.63) is 45.6 Å². The summed E-state index contributed by atoms with van der Waals surface area (Å²) in [5.41, 5.74) is 2.83. The molecule has 7 heteroatoms. The molecule has 0 bridgehead atoms. The van der Waals surface area contributed by atoms with Crippen LogP contribution in [0.25, 0.3) is 0 Å². The highest BCUT2D eigenvalue weighted by Gasteiger charge is 2.41. The van der Waals surface area contributed by atoms with Gasteiger partial charge < -0.3 is 5.32 Å². The third kappa shape index (κ3) is 4.31. The SMILES string of the molecule is CCCCCSc1nc2n(n1)[C@@H](c1cccc(Br)c1)C1=C(CC(C)(C)CC1=O)N2. The zero-order chi connectivity index (χ0) is 20.6. The van der Waals surface area contributed by atoms with E-state index in [0.29, 0.717) is 6.42 Å². The topological polar surface area (TPSA) is 59.8 Å². The van der Waals surface area contributed by atoms with Crippen molar-refractivity contribution in [3.63, 3.8) is 0 Å². The standard InChI is InChI=1S/C22H27BrN4OS/c1-4-5-6-10-29-21-25-20-24-16-12-22(2,3)13-17(28)18(16)19(27(20)26-21)14-8-7-9-15(23)11-14/h7-9,11,19H,4-6,10,12-13H2,1-3H3,(H,24,25,26)/t19-/m0/s1. The number of ketones is 1. The van der Waals surface area contributed by atoms with Gasteiger partial charge in [0, 0.05) is 27.9 Å². The number of halogens is 1. The number of fused-ring (bicyclic) bond motifs is 1. The first-order chi connectivity index (χ1) is 13.9. The van der Waals surface area contributed by atoms with Crippen molar-refractivity contribution in [2.45, 2.75) is 64.1 Å². The Morgan fingerprint density at radius 3 is 2.90 bits per heavy atom. The molecule has 0 fully saturated rings. The molecule has 1 aromatic heterocycles. The quantitative estimate of drug-likeness (QED) is 0.411. The lowest BCUT2D eigenvalue weighted by Gasteiger charge is -2.38. The number of hydrogen-bond acceptors (Lipinski definition) is 5. The second kappa shape index (κ2) is 8.26. The Labute approximate surface area is 184 Å². The smallest absolute Gasteiger partial charge is 0.227 e. The van der Waals surface area contributed by atoms with E-state index in [2.05, 4.69) is 54.2 Å². The number of nitrogens with one attached hydrogen (secondary N) is 1. The molecule has 0 amide bonds. The van der Waals surface area contributed by atoms with Crippen LogP contribution in [0.2, 0.25) is 0 Å². The molecule has 1 aromatic carbocycles. The molecular formula is C22H27BrN4OS. The highest BCUT2D eigenvalue weighted by atomic mass is 79.9. The third-order valence-corrected chi connectivity index (χ3v) is 6.87. The number of Topliss-reactive ketones (excluding diaryl/α,β-unsaturated/α-hetero) is 1. The van der Waals surface area contributed by atoms with E-state index in [9.17, 15) is 4.79 Å². The van der Waals surface area contributed by atoms with E-state index in [1.807, 2.05) is 16.8 Å². The van der Waals surface area contributed by atoms with Crippen LogP contribution in [0.4, 0.5) is 5.95 Å². The maximum Gasteiger partial charge on any atom is 0.227 e. The lowest BCUT2D eigenvalue weighted by molar-refractivity contribution is -0.118. The summed E-state index contributed by atoms with van der Waals surface area (Å²) >= 11 is 5.27. The largest absolute Gasteiger partial charge is 0.328 e. The second-order valence-corrected chi connectivity index (χ2v) is 10.6. The number of carbonyl (C=O) groups excluding carboxylic acids is 1. The Bertz CT molecular complexity index is 965. The molecule has 0 spiro atoms. The van der Waals surface area contributed by atoms with Gasteiger partial charge in [0.05, 0.1) is 0 Å². The number of aromatic nitrogens is 3. The van der Waals surface area contributed by atoms with Crippen LogP contribution >= 0.6 is 27.7 Å². The number of nitrogens with zero attached hydrogens (tertiary/aromatic N) is 3. The molecule has 4 rings (SSSR count). The predicted molar refractivity (Wildman–Crippen MR) is 121 cm³/mol.